The van der Waals surface area contributed by atoms with Gasteiger partial charge in [-0.25, -0.2) is 14.2 Å². The van der Waals surface area contributed by atoms with Crippen LogP contribution in [0.1, 0.15) is 66.5 Å². The molecule has 44 heavy (non-hydrogen) atoms. The molecule has 0 unspecified atom stereocenters. The average Bonchev–Trinajstić information content (AvgIpc) is 3.02. The molecular weight excluding hydrogens is 596 g/mol. The van der Waals surface area contributed by atoms with E-state index < -0.39 is 34.8 Å². The molecule has 7 nitrogen and oxygen atoms in total. The first-order chi connectivity index (χ1) is 21.1. The first kappa shape index (κ1) is 30.1. The van der Waals surface area contributed by atoms with Crippen LogP contribution in [-0.4, -0.2) is 37.6 Å². The maximum atomic E-state index is 14.2. The van der Waals surface area contributed by atoms with Crippen LogP contribution < -0.4 is 16.6 Å². The van der Waals surface area contributed by atoms with Crippen molar-refractivity contribution in [3.8, 4) is 11.1 Å². The molecule has 1 N–H and O–H groups in total. The molecule has 2 aromatic carbocycles. The molecule has 1 amide bonds. The van der Waals surface area contributed by atoms with Gasteiger partial charge in [-0.15, -0.1) is 0 Å². The van der Waals surface area contributed by atoms with Crippen LogP contribution in [0.2, 0.25) is 0 Å². The Balaban J connectivity index is 1.21. The lowest BCUT2D eigenvalue weighted by molar-refractivity contribution is -0.137. The number of benzene rings is 2. The van der Waals surface area contributed by atoms with Crippen LogP contribution in [0.25, 0.3) is 22.2 Å². The van der Waals surface area contributed by atoms with Crippen LogP contribution in [0.15, 0.2) is 70.4 Å². The second-order valence-corrected chi connectivity index (χ2v) is 12.5. The number of carbonyl (C=O) groups excluding carboxylic acids is 1. The number of halogens is 4. The summed E-state index contributed by atoms with van der Waals surface area (Å²) in [5.74, 6) is 0.761. The van der Waals surface area contributed by atoms with Crippen LogP contribution in [0.4, 0.5) is 17.6 Å². The van der Waals surface area contributed by atoms with Crippen molar-refractivity contribution in [1.82, 2.24) is 19.4 Å². The Kier molecular flexibility index (Phi) is 8.36. The summed E-state index contributed by atoms with van der Waals surface area (Å²) >= 11 is 1.81. The van der Waals surface area contributed by atoms with E-state index in [1.165, 1.54) is 16.7 Å². The summed E-state index contributed by atoms with van der Waals surface area (Å²) in [6, 6.07) is 11.8. The van der Waals surface area contributed by atoms with Crippen molar-refractivity contribution in [1.29, 1.82) is 0 Å². The van der Waals surface area contributed by atoms with E-state index >= 15 is 0 Å². The zero-order chi connectivity index (χ0) is 31.0. The smallest absolute Gasteiger partial charge is 0.349 e. The Hall–Kier alpha value is -3.93. The van der Waals surface area contributed by atoms with Gasteiger partial charge in [0.05, 0.1) is 17.1 Å². The van der Waals surface area contributed by atoms with Gasteiger partial charge in [0.25, 0.3) is 11.5 Å². The fourth-order valence-corrected chi connectivity index (χ4v) is 7.39. The highest BCUT2D eigenvalue weighted by Crippen LogP contribution is 2.33. The van der Waals surface area contributed by atoms with Crippen molar-refractivity contribution < 1.29 is 22.4 Å². The van der Waals surface area contributed by atoms with Crippen molar-refractivity contribution in [2.45, 2.75) is 62.8 Å². The molecule has 1 saturated carbocycles. The van der Waals surface area contributed by atoms with Crippen LogP contribution in [0.3, 0.4) is 0 Å². The van der Waals surface area contributed by atoms with Gasteiger partial charge in [0.1, 0.15) is 11.5 Å². The number of pyridine rings is 1. The van der Waals surface area contributed by atoms with Gasteiger partial charge in [0.2, 0.25) is 0 Å². The van der Waals surface area contributed by atoms with Gasteiger partial charge in [0.15, 0.2) is 0 Å². The summed E-state index contributed by atoms with van der Waals surface area (Å²) < 4.78 is 56.1. The molecule has 4 aromatic rings. The van der Waals surface area contributed by atoms with Crippen molar-refractivity contribution >= 4 is 28.7 Å². The van der Waals surface area contributed by atoms with Gasteiger partial charge in [-0.1, -0.05) is 30.3 Å². The molecule has 0 spiro atoms. The average molecular weight is 627 g/mol. The van der Waals surface area contributed by atoms with E-state index in [4.69, 9.17) is 0 Å². The number of alkyl halides is 3. The lowest BCUT2D eigenvalue weighted by Gasteiger charge is -2.31. The Labute approximate surface area is 254 Å². The molecule has 1 aliphatic heterocycles. The number of fused-ring (bicyclic) bond motifs is 1. The first-order valence-corrected chi connectivity index (χ1v) is 15.7. The molecule has 0 atom stereocenters. The van der Waals surface area contributed by atoms with Gasteiger partial charge in [0, 0.05) is 23.7 Å². The molecule has 12 heteroatoms. The predicted octanol–water partition coefficient (Wildman–Crippen LogP) is 6.36. The summed E-state index contributed by atoms with van der Waals surface area (Å²) in [7, 11) is 0. The highest BCUT2D eigenvalue weighted by Gasteiger charge is 2.31. The van der Waals surface area contributed by atoms with Crippen molar-refractivity contribution in [2.75, 3.05) is 11.5 Å². The Morgan fingerprint density at radius 2 is 1.55 bits per heavy atom. The molecule has 2 fully saturated rings. The van der Waals surface area contributed by atoms with E-state index in [0.717, 1.165) is 48.7 Å². The van der Waals surface area contributed by atoms with Crippen molar-refractivity contribution in [3.63, 3.8) is 0 Å². The van der Waals surface area contributed by atoms with E-state index in [-0.39, 0.29) is 29.0 Å². The van der Waals surface area contributed by atoms with Crippen LogP contribution in [0.5, 0.6) is 0 Å². The highest BCUT2D eigenvalue weighted by atomic mass is 32.2. The lowest BCUT2D eigenvalue weighted by Crippen LogP contribution is -2.46. The lowest BCUT2D eigenvalue weighted by atomic mass is 9.90. The summed E-state index contributed by atoms with van der Waals surface area (Å²) in [6.07, 6.45) is -0.00266. The minimum absolute atomic E-state index is 0.0816. The number of amides is 1. The fraction of sp³-hybridized carbons (Fsp3) is 0.375. The predicted molar refractivity (Wildman–Crippen MR) is 161 cm³/mol. The topological polar surface area (TPSA) is 86.0 Å². The van der Waals surface area contributed by atoms with E-state index in [0.29, 0.717) is 42.4 Å². The summed E-state index contributed by atoms with van der Waals surface area (Å²) in [6.45, 7) is 0. The van der Waals surface area contributed by atoms with E-state index in [1.54, 1.807) is 40.6 Å². The Morgan fingerprint density at radius 3 is 2.23 bits per heavy atom. The number of thioether (sulfide) groups is 1. The zero-order valence-corrected chi connectivity index (χ0v) is 24.5. The van der Waals surface area contributed by atoms with E-state index in [9.17, 15) is 31.9 Å². The first-order valence-electron chi connectivity index (χ1n) is 14.6. The number of rotatable bonds is 5. The van der Waals surface area contributed by atoms with Gasteiger partial charge < -0.3 is 5.32 Å². The number of hydrogen-bond acceptors (Lipinski definition) is 5. The summed E-state index contributed by atoms with van der Waals surface area (Å²) in [4.78, 5) is 44.9. The SMILES string of the molecule is O=C(N[C@H]1CC[C@@H](n2c(=O)c3cc(F)cnc3n(C3CCSCC3)c2=O)CC1)c1ccccc1-c1ccc(C(F)(F)F)cc1. The van der Waals surface area contributed by atoms with E-state index in [1.807, 2.05) is 0 Å². The molecule has 1 saturated heterocycles. The monoisotopic (exact) mass is 626 g/mol. The molecular formula is C32H30F4N4O3S. The molecule has 1 aliphatic carbocycles. The third-order valence-electron chi connectivity index (χ3n) is 8.57. The molecule has 3 heterocycles. The molecule has 2 aromatic heterocycles. The Morgan fingerprint density at radius 1 is 0.886 bits per heavy atom. The fourth-order valence-electron chi connectivity index (χ4n) is 6.31. The van der Waals surface area contributed by atoms with Crippen LogP contribution in [-0.2, 0) is 6.18 Å². The maximum Gasteiger partial charge on any atom is 0.416 e. The second-order valence-electron chi connectivity index (χ2n) is 11.3. The number of aromatic nitrogens is 3. The zero-order valence-electron chi connectivity index (χ0n) is 23.6. The minimum Gasteiger partial charge on any atom is -0.349 e. The number of nitrogens with one attached hydrogen (secondary N) is 1. The molecule has 230 valence electrons. The largest absolute Gasteiger partial charge is 0.416 e. The maximum absolute atomic E-state index is 14.2. The summed E-state index contributed by atoms with van der Waals surface area (Å²) in [5, 5.41) is 3.11. The quantitative estimate of drug-likeness (QED) is 0.261. The molecule has 0 bridgehead atoms. The Bertz CT molecular complexity index is 1810. The highest BCUT2D eigenvalue weighted by molar-refractivity contribution is 7.99. The minimum atomic E-state index is -4.46. The van der Waals surface area contributed by atoms with Crippen LogP contribution in [0, 0.1) is 5.82 Å². The van der Waals surface area contributed by atoms with Gasteiger partial charge >= 0.3 is 11.9 Å². The van der Waals surface area contributed by atoms with Crippen LogP contribution >= 0.6 is 11.8 Å². The van der Waals surface area contributed by atoms with Gasteiger partial charge in [-0.2, -0.15) is 24.9 Å². The van der Waals surface area contributed by atoms with Gasteiger partial charge in [-0.05, 0) is 85.4 Å². The van der Waals surface area contributed by atoms with Gasteiger partial charge in [-0.3, -0.25) is 18.7 Å². The summed E-state index contributed by atoms with van der Waals surface area (Å²) in [5.41, 5.74) is -0.214. The van der Waals surface area contributed by atoms with Crippen molar-refractivity contribution in [2.24, 2.45) is 0 Å². The molecule has 6 rings (SSSR count). The molecule has 2 aliphatic rings. The third-order valence-corrected chi connectivity index (χ3v) is 9.62. The van der Waals surface area contributed by atoms with Crippen molar-refractivity contribution in [3.05, 3.63) is 98.6 Å². The second kappa shape index (κ2) is 12.2. The number of nitrogens with zero attached hydrogens (tertiary/aromatic N) is 3. The molecule has 0 radical (unpaired) electrons. The normalized spacial score (nSPS) is 19.6. The third kappa shape index (κ3) is 5.91. The number of hydrogen-bond donors (Lipinski definition) is 1. The van der Waals surface area contributed by atoms with E-state index in [2.05, 4.69) is 10.3 Å². The number of carbonyl (C=O) groups is 1. The standard InChI is InChI=1S/C32H30F4N4O3S/c33-21-17-27-28(37-18-21)39(24-13-15-44-16-14-24)31(43)40(30(27)42)23-11-9-22(10-12-23)38-29(41)26-4-2-1-3-25(26)19-5-7-20(8-6-19)32(34,35)36/h1-8,17-18,22-24H,9-16H2,(H,38,41)/t22-,23+.